The monoisotopic (exact) mass is 471 g/mol. The summed E-state index contributed by atoms with van der Waals surface area (Å²) in [4.78, 5) is 8.79. The third kappa shape index (κ3) is 4.19. The molecule has 0 bridgehead atoms. The number of aryl methyl sites for hydroxylation is 1. The molecule has 27 heavy (non-hydrogen) atoms. The van der Waals surface area contributed by atoms with Gasteiger partial charge in [-0.2, -0.15) is 10.1 Å². The fourth-order valence-corrected chi connectivity index (χ4v) is 2.65. The van der Waals surface area contributed by atoms with E-state index in [-0.39, 0.29) is 0 Å². The summed E-state index contributed by atoms with van der Waals surface area (Å²) in [5.41, 5.74) is 6.56. The van der Waals surface area contributed by atoms with Gasteiger partial charge in [0.05, 0.1) is 6.21 Å². The van der Waals surface area contributed by atoms with Gasteiger partial charge < -0.3 is 5.32 Å². The first kappa shape index (κ1) is 17.3. The van der Waals surface area contributed by atoms with Gasteiger partial charge in [-0.1, -0.05) is 29.8 Å². The molecule has 2 aromatic heterocycles. The molecule has 4 aromatic rings. The average Bonchev–Trinajstić information content (AvgIpc) is 3.12. The molecule has 0 saturated carbocycles. The predicted molar refractivity (Wildman–Crippen MR) is 112 cm³/mol. The molecule has 0 aliphatic rings. The van der Waals surface area contributed by atoms with Crippen LogP contribution in [0, 0.1) is 10.5 Å². The normalized spacial score (nSPS) is 11.2. The van der Waals surface area contributed by atoms with Crippen molar-refractivity contribution in [2.45, 2.75) is 6.92 Å². The fraction of sp³-hybridized carbons (Fsp3) is 0.0556. The Morgan fingerprint density at radius 3 is 2.30 bits per heavy atom. The summed E-state index contributed by atoms with van der Waals surface area (Å²) in [5, 5.41) is 14.9. The average molecular weight is 471 g/mol. The van der Waals surface area contributed by atoms with Crippen molar-refractivity contribution >= 4 is 57.4 Å². The molecule has 0 spiro atoms. The van der Waals surface area contributed by atoms with Gasteiger partial charge in [0.25, 0.3) is 0 Å². The van der Waals surface area contributed by atoms with Crippen molar-refractivity contribution < 1.29 is 4.63 Å². The molecule has 0 radical (unpaired) electrons. The third-order valence-electron chi connectivity index (χ3n) is 3.68. The third-order valence-corrected chi connectivity index (χ3v) is 4.40. The smallest absolute Gasteiger partial charge is 0.245 e. The standard InChI is InChI=1S/C18H14IN7O/c1-11-2-4-12(5-3-11)10-20-24-16-15(21-14-8-6-13(19)7-9-14)22-17-18(23-16)26-27-25-17/h2-10H,1H3,(H,21,22,25)(H,23,24,26)/b20-10+. The van der Waals surface area contributed by atoms with Crippen LogP contribution in [0.2, 0.25) is 0 Å². The molecule has 0 aliphatic heterocycles. The quantitative estimate of drug-likeness (QED) is 0.257. The molecule has 0 unspecified atom stereocenters. The highest BCUT2D eigenvalue weighted by atomic mass is 127. The predicted octanol–water partition coefficient (Wildman–Crippen LogP) is 4.12. The number of nitrogens with zero attached hydrogens (tertiary/aromatic N) is 5. The zero-order valence-corrected chi connectivity index (χ0v) is 16.4. The number of hydrazone groups is 1. The Morgan fingerprint density at radius 1 is 0.926 bits per heavy atom. The van der Waals surface area contributed by atoms with Gasteiger partial charge in [-0.3, -0.25) is 5.43 Å². The van der Waals surface area contributed by atoms with Crippen LogP contribution in [0.25, 0.3) is 11.3 Å². The fourth-order valence-electron chi connectivity index (χ4n) is 2.29. The topological polar surface area (TPSA) is 101 Å². The minimum atomic E-state index is 0.302. The van der Waals surface area contributed by atoms with Crippen LogP contribution in [-0.4, -0.2) is 26.5 Å². The molecule has 2 heterocycles. The van der Waals surface area contributed by atoms with Crippen LogP contribution in [0.1, 0.15) is 11.1 Å². The number of anilines is 3. The van der Waals surface area contributed by atoms with Gasteiger partial charge in [-0.15, -0.1) is 0 Å². The van der Waals surface area contributed by atoms with E-state index in [1.54, 1.807) is 6.21 Å². The van der Waals surface area contributed by atoms with Gasteiger partial charge >= 0.3 is 0 Å². The minimum Gasteiger partial charge on any atom is -0.337 e. The maximum absolute atomic E-state index is 4.71. The van der Waals surface area contributed by atoms with Crippen molar-refractivity contribution in [3.8, 4) is 0 Å². The number of fused-ring (bicyclic) bond motifs is 1. The Balaban J connectivity index is 1.61. The largest absolute Gasteiger partial charge is 0.337 e. The molecule has 8 nitrogen and oxygen atoms in total. The lowest BCUT2D eigenvalue weighted by Crippen LogP contribution is -2.03. The Morgan fingerprint density at radius 2 is 1.59 bits per heavy atom. The number of rotatable bonds is 5. The molecule has 2 aromatic carbocycles. The van der Waals surface area contributed by atoms with Gasteiger partial charge in [0, 0.05) is 9.26 Å². The van der Waals surface area contributed by atoms with Crippen LogP contribution >= 0.6 is 22.6 Å². The van der Waals surface area contributed by atoms with Crippen molar-refractivity contribution in [2.24, 2.45) is 5.10 Å². The molecule has 0 aliphatic carbocycles. The molecule has 0 fully saturated rings. The second kappa shape index (κ2) is 7.66. The molecule has 4 rings (SSSR count). The molecule has 0 atom stereocenters. The lowest BCUT2D eigenvalue weighted by Gasteiger charge is -2.09. The van der Waals surface area contributed by atoms with Crippen LogP contribution in [0.5, 0.6) is 0 Å². The Labute approximate surface area is 168 Å². The Kier molecular flexibility index (Phi) is 4.92. The van der Waals surface area contributed by atoms with Crippen LogP contribution in [0.15, 0.2) is 58.3 Å². The van der Waals surface area contributed by atoms with E-state index in [1.165, 1.54) is 5.56 Å². The zero-order chi connectivity index (χ0) is 18.6. The Hall–Kier alpha value is -3.08. The van der Waals surface area contributed by atoms with E-state index in [4.69, 9.17) is 4.63 Å². The van der Waals surface area contributed by atoms with E-state index in [1.807, 2.05) is 55.5 Å². The maximum Gasteiger partial charge on any atom is 0.245 e. The van der Waals surface area contributed by atoms with Crippen molar-refractivity contribution in [3.05, 3.63) is 63.2 Å². The van der Waals surface area contributed by atoms with Crippen molar-refractivity contribution in [2.75, 3.05) is 10.7 Å². The van der Waals surface area contributed by atoms with Crippen molar-refractivity contribution in [3.63, 3.8) is 0 Å². The molecule has 2 N–H and O–H groups in total. The van der Waals surface area contributed by atoms with Gasteiger partial charge in [-0.05, 0) is 69.7 Å². The van der Waals surface area contributed by atoms with E-state index in [2.05, 4.69) is 58.7 Å². The van der Waals surface area contributed by atoms with Gasteiger partial charge in [0.2, 0.25) is 11.3 Å². The van der Waals surface area contributed by atoms with Gasteiger partial charge in [0.1, 0.15) is 0 Å². The van der Waals surface area contributed by atoms with Crippen molar-refractivity contribution in [1.29, 1.82) is 0 Å². The lowest BCUT2D eigenvalue weighted by atomic mass is 10.2. The van der Waals surface area contributed by atoms with E-state index in [0.717, 1.165) is 14.8 Å². The first-order chi connectivity index (χ1) is 13.2. The molecular formula is C18H14IN7O. The number of halogens is 1. The second-order valence-electron chi connectivity index (χ2n) is 5.74. The molecule has 0 amide bonds. The SMILES string of the molecule is Cc1ccc(/C=N/Nc2nc3nonc3nc2Nc2ccc(I)cc2)cc1. The maximum atomic E-state index is 4.71. The van der Waals surface area contributed by atoms with E-state index in [9.17, 15) is 0 Å². The summed E-state index contributed by atoms with van der Waals surface area (Å²) < 4.78 is 5.85. The minimum absolute atomic E-state index is 0.302. The van der Waals surface area contributed by atoms with Crippen LogP contribution in [0.3, 0.4) is 0 Å². The number of hydrogen-bond donors (Lipinski definition) is 2. The highest BCUT2D eigenvalue weighted by molar-refractivity contribution is 14.1. The molecular weight excluding hydrogens is 457 g/mol. The molecule has 134 valence electrons. The lowest BCUT2D eigenvalue weighted by molar-refractivity contribution is 0.314. The van der Waals surface area contributed by atoms with Crippen LogP contribution in [-0.2, 0) is 0 Å². The summed E-state index contributed by atoms with van der Waals surface area (Å²) in [6.07, 6.45) is 1.71. The summed E-state index contributed by atoms with van der Waals surface area (Å²) in [6.45, 7) is 2.04. The summed E-state index contributed by atoms with van der Waals surface area (Å²) in [5.74, 6) is 0.889. The summed E-state index contributed by atoms with van der Waals surface area (Å²) >= 11 is 2.25. The number of aromatic nitrogens is 4. The van der Waals surface area contributed by atoms with Crippen molar-refractivity contribution in [1.82, 2.24) is 20.3 Å². The van der Waals surface area contributed by atoms with Gasteiger partial charge in [-0.25, -0.2) is 9.61 Å². The zero-order valence-electron chi connectivity index (χ0n) is 14.2. The highest BCUT2D eigenvalue weighted by Gasteiger charge is 2.12. The summed E-state index contributed by atoms with van der Waals surface area (Å²) in [6, 6.07) is 15.9. The van der Waals surface area contributed by atoms with Gasteiger partial charge in [0.15, 0.2) is 11.6 Å². The number of nitrogens with one attached hydrogen (secondary N) is 2. The van der Waals surface area contributed by atoms with Crippen LogP contribution in [0.4, 0.5) is 17.3 Å². The highest BCUT2D eigenvalue weighted by Crippen LogP contribution is 2.24. The molecule has 0 saturated heterocycles. The van der Waals surface area contributed by atoms with Crippen LogP contribution < -0.4 is 10.7 Å². The second-order valence-corrected chi connectivity index (χ2v) is 6.99. The number of hydrogen-bond acceptors (Lipinski definition) is 8. The van der Waals surface area contributed by atoms with E-state index in [0.29, 0.717) is 22.9 Å². The summed E-state index contributed by atoms with van der Waals surface area (Å²) in [7, 11) is 0. The van der Waals surface area contributed by atoms with E-state index < -0.39 is 0 Å². The van der Waals surface area contributed by atoms with E-state index >= 15 is 0 Å². The molecule has 9 heteroatoms. The Bertz CT molecular complexity index is 1090. The number of benzene rings is 2. The first-order valence-corrected chi connectivity index (χ1v) is 9.14. The first-order valence-electron chi connectivity index (χ1n) is 8.06.